The van der Waals surface area contributed by atoms with Crippen molar-refractivity contribution in [3.63, 3.8) is 0 Å². The Morgan fingerprint density at radius 3 is 2.34 bits per heavy atom. The SMILES string of the molecule is CCC1(C(=O)O)CCCN1C(=O)C1C=CC(NC(=O)OCC2c3ccccc3-c3ccccc32)C1. The Morgan fingerprint density at radius 1 is 1.06 bits per heavy atom. The van der Waals surface area contributed by atoms with Crippen molar-refractivity contribution < 1.29 is 24.2 Å². The third-order valence-electron chi connectivity index (χ3n) is 7.79. The summed E-state index contributed by atoms with van der Waals surface area (Å²) in [7, 11) is 0. The van der Waals surface area contributed by atoms with Crippen molar-refractivity contribution in [2.75, 3.05) is 13.2 Å². The maximum absolute atomic E-state index is 13.2. The van der Waals surface area contributed by atoms with E-state index < -0.39 is 23.5 Å². The number of aliphatic carboxylic acids is 1. The smallest absolute Gasteiger partial charge is 0.407 e. The second-order valence-corrected chi connectivity index (χ2v) is 9.59. The molecule has 1 aliphatic heterocycles. The highest BCUT2D eigenvalue weighted by Gasteiger charge is 2.50. The maximum atomic E-state index is 13.2. The number of nitrogens with zero attached hydrogens (tertiary/aromatic N) is 1. The lowest BCUT2D eigenvalue weighted by atomic mass is 9.91. The van der Waals surface area contributed by atoms with E-state index in [9.17, 15) is 19.5 Å². The summed E-state index contributed by atoms with van der Waals surface area (Å²) in [4.78, 5) is 39.2. The number of amides is 2. The summed E-state index contributed by atoms with van der Waals surface area (Å²) in [5.74, 6) is -1.59. The number of alkyl carbamates (subject to hydrolysis) is 1. The number of benzene rings is 2. The van der Waals surface area contributed by atoms with Crippen molar-refractivity contribution in [2.45, 2.75) is 50.1 Å². The number of fused-ring (bicyclic) bond motifs is 3. The fourth-order valence-electron chi connectivity index (χ4n) is 5.92. The van der Waals surface area contributed by atoms with E-state index in [1.54, 1.807) is 12.2 Å². The zero-order valence-corrected chi connectivity index (χ0v) is 19.8. The van der Waals surface area contributed by atoms with Gasteiger partial charge in [0.25, 0.3) is 0 Å². The van der Waals surface area contributed by atoms with Gasteiger partial charge in [0, 0.05) is 12.5 Å². The van der Waals surface area contributed by atoms with Crippen molar-refractivity contribution in [2.24, 2.45) is 5.92 Å². The van der Waals surface area contributed by atoms with Crippen LogP contribution in [0.2, 0.25) is 0 Å². The highest BCUT2D eigenvalue weighted by molar-refractivity contribution is 5.90. The van der Waals surface area contributed by atoms with Gasteiger partial charge in [-0.05, 0) is 47.9 Å². The van der Waals surface area contributed by atoms with Crippen molar-refractivity contribution in [3.05, 3.63) is 71.8 Å². The summed E-state index contributed by atoms with van der Waals surface area (Å²) < 4.78 is 5.62. The molecule has 1 fully saturated rings. The van der Waals surface area contributed by atoms with Gasteiger partial charge in [-0.3, -0.25) is 4.79 Å². The quantitative estimate of drug-likeness (QED) is 0.608. The summed E-state index contributed by atoms with van der Waals surface area (Å²) in [5.41, 5.74) is 3.52. The van der Waals surface area contributed by atoms with Crippen molar-refractivity contribution in [3.8, 4) is 11.1 Å². The highest BCUT2D eigenvalue weighted by Crippen LogP contribution is 2.44. The first-order chi connectivity index (χ1) is 16.9. The van der Waals surface area contributed by atoms with Gasteiger partial charge in [-0.25, -0.2) is 9.59 Å². The predicted molar refractivity (Wildman–Crippen MR) is 131 cm³/mol. The van der Waals surface area contributed by atoms with Crippen LogP contribution in [0.1, 0.15) is 49.7 Å². The largest absolute Gasteiger partial charge is 0.479 e. The summed E-state index contributed by atoms with van der Waals surface area (Å²) in [6, 6.07) is 16.0. The van der Waals surface area contributed by atoms with Crippen LogP contribution < -0.4 is 5.32 Å². The van der Waals surface area contributed by atoms with Crippen LogP contribution in [-0.2, 0) is 14.3 Å². The Hall–Kier alpha value is -3.61. The lowest BCUT2D eigenvalue weighted by molar-refractivity contribution is -0.157. The first-order valence-electron chi connectivity index (χ1n) is 12.3. The van der Waals surface area contributed by atoms with E-state index >= 15 is 0 Å². The summed E-state index contributed by atoms with van der Waals surface area (Å²) in [5, 5.41) is 12.6. The second-order valence-electron chi connectivity index (χ2n) is 9.59. The number of carboxylic acids is 1. The molecule has 0 bridgehead atoms. The molecule has 1 heterocycles. The van der Waals surface area contributed by atoms with Gasteiger partial charge in [0.1, 0.15) is 12.1 Å². The normalized spacial score (nSPS) is 24.8. The number of carbonyl (C=O) groups is 3. The minimum absolute atomic E-state index is 0.0186. The molecule has 0 radical (unpaired) electrons. The second kappa shape index (κ2) is 9.21. The van der Waals surface area contributed by atoms with Crippen LogP contribution in [0.3, 0.4) is 0 Å². The van der Waals surface area contributed by atoms with Crippen molar-refractivity contribution in [1.82, 2.24) is 10.2 Å². The van der Waals surface area contributed by atoms with Gasteiger partial charge < -0.3 is 20.1 Å². The van der Waals surface area contributed by atoms with E-state index in [4.69, 9.17) is 4.74 Å². The van der Waals surface area contributed by atoms with Crippen molar-refractivity contribution in [1.29, 1.82) is 0 Å². The van der Waals surface area contributed by atoms with E-state index in [0.717, 1.165) is 11.1 Å². The highest BCUT2D eigenvalue weighted by atomic mass is 16.5. The average Bonchev–Trinajstić information content (AvgIpc) is 3.59. The molecule has 3 unspecified atom stereocenters. The van der Waals surface area contributed by atoms with Crippen LogP contribution in [0.15, 0.2) is 60.7 Å². The standard InChI is InChI=1S/C28H30N2O5/c1-2-28(26(32)33)14-7-15-30(28)25(31)18-12-13-19(16-18)29-27(34)35-17-24-22-10-5-3-8-20(22)21-9-4-6-11-23(21)24/h3-6,8-13,18-19,24H,2,7,14-17H2,1H3,(H,29,34)(H,32,33). The number of carboxylic acid groups (broad SMARTS) is 1. The maximum Gasteiger partial charge on any atom is 0.407 e. The molecule has 0 aromatic heterocycles. The Morgan fingerprint density at radius 2 is 1.71 bits per heavy atom. The molecule has 2 N–H and O–H groups in total. The fourth-order valence-corrected chi connectivity index (χ4v) is 5.92. The van der Waals surface area contributed by atoms with E-state index in [2.05, 4.69) is 29.6 Å². The molecular weight excluding hydrogens is 444 g/mol. The summed E-state index contributed by atoms with van der Waals surface area (Å²) in [6.45, 7) is 2.49. The van der Waals surface area contributed by atoms with Gasteiger partial charge in [-0.2, -0.15) is 0 Å². The molecule has 0 spiro atoms. The Labute approximate surface area is 204 Å². The first-order valence-corrected chi connectivity index (χ1v) is 12.3. The molecule has 2 aliphatic carbocycles. The fraction of sp³-hybridized carbons (Fsp3) is 0.393. The van der Waals surface area contributed by atoms with Gasteiger partial charge in [0.2, 0.25) is 5.91 Å². The predicted octanol–water partition coefficient (Wildman–Crippen LogP) is 4.33. The molecule has 182 valence electrons. The molecular formula is C28H30N2O5. The third kappa shape index (κ3) is 3.99. The van der Waals surface area contributed by atoms with Gasteiger partial charge in [-0.1, -0.05) is 67.6 Å². The van der Waals surface area contributed by atoms with Crippen LogP contribution >= 0.6 is 0 Å². The van der Waals surface area contributed by atoms with Crippen LogP contribution in [-0.4, -0.2) is 52.7 Å². The van der Waals surface area contributed by atoms with Gasteiger partial charge in [-0.15, -0.1) is 0 Å². The molecule has 2 aromatic rings. The number of rotatable bonds is 6. The molecule has 5 rings (SSSR count). The number of nitrogens with one attached hydrogen (secondary N) is 1. The van der Waals surface area contributed by atoms with Crippen molar-refractivity contribution >= 4 is 18.0 Å². The van der Waals surface area contributed by atoms with Crippen LogP contribution in [0, 0.1) is 5.92 Å². The number of hydrogen-bond donors (Lipinski definition) is 2. The minimum atomic E-state index is -1.12. The van der Waals surface area contributed by atoms with Crippen LogP contribution in [0.4, 0.5) is 4.79 Å². The molecule has 3 aliphatic rings. The molecule has 2 aromatic carbocycles. The third-order valence-corrected chi connectivity index (χ3v) is 7.79. The topological polar surface area (TPSA) is 95.9 Å². The molecule has 7 heteroatoms. The minimum Gasteiger partial charge on any atom is -0.479 e. The number of likely N-dealkylation sites (tertiary alicyclic amines) is 1. The Kier molecular flexibility index (Phi) is 6.09. The lowest BCUT2D eigenvalue weighted by Gasteiger charge is -2.35. The monoisotopic (exact) mass is 474 g/mol. The zero-order chi connectivity index (χ0) is 24.6. The Bertz CT molecular complexity index is 1150. The molecule has 1 saturated heterocycles. The van der Waals surface area contributed by atoms with Gasteiger partial charge in [0.15, 0.2) is 0 Å². The summed E-state index contributed by atoms with van der Waals surface area (Å²) >= 11 is 0. The van der Waals surface area contributed by atoms with Gasteiger partial charge in [0.05, 0.1) is 12.0 Å². The molecule has 0 saturated carbocycles. The van der Waals surface area contributed by atoms with Gasteiger partial charge >= 0.3 is 12.1 Å². The molecule has 2 amide bonds. The number of carbonyl (C=O) groups excluding carboxylic acids is 2. The van der Waals surface area contributed by atoms with Crippen LogP contribution in [0.5, 0.6) is 0 Å². The Balaban J connectivity index is 1.18. The summed E-state index contributed by atoms with van der Waals surface area (Å²) in [6.07, 6.45) is 4.99. The van der Waals surface area contributed by atoms with E-state index in [1.165, 1.54) is 16.0 Å². The van der Waals surface area contributed by atoms with Crippen LogP contribution in [0.25, 0.3) is 11.1 Å². The number of hydrogen-bond acceptors (Lipinski definition) is 4. The molecule has 35 heavy (non-hydrogen) atoms. The average molecular weight is 475 g/mol. The molecule has 7 nitrogen and oxygen atoms in total. The van der Waals surface area contributed by atoms with E-state index in [-0.39, 0.29) is 24.5 Å². The lowest BCUT2D eigenvalue weighted by Crippen LogP contribution is -2.54. The first kappa shape index (κ1) is 23.1. The van der Waals surface area contributed by atoms with E-state index in [0.29, 0.717) is 32.2 Å². The van der Waals surface area contributed by atoms with E-state index in [1.807, 2.05) is 31.2 Å². The number of ether oxygens (including phenoxy) is 1. The molecule has 3 atom stereocenters. The zero-order valence-electron chi connectivity index (χ0n) is 19.8.